The summed E-state index contributed by atoms with van der Waals surface area (Å²) in [6.07, 6.45) is 7.52. The standard InChI is InChI=1S/C13H19N5/c1-10(2)11-9-12-13(15-6-4-3-5-14)16-7-8-18(12)17-11/h3-4,7-10H,5-6,14H2,1-2H3,(H,15,16)/b4-3+. The summed E-state index contributed by atoms with van der Waals surface area (Å²) < 4.78 is 1.86. The lowest BCUT2D eigenvalue weighted by molar-refractivity contribution is 0.787. The molecule has 0 bridgehead atoms. The van der Waals surface area contributed by atoms with Gasteiger partial charge in [0, 0.05) is 25.5 Å². The molecule has 0 saturated heterocycles. The number of anilines is 1. The van der Waals surface area contributed by atoms with Crippen LogP contribution in [0.25, 0.3) is 5.52 Å². The fourth-order valence-electron chi connectivity index (χ4n) is 1.69. The molecule has 2 aromatic heterocycles. The molecule has 0 aliphatic carbocycles. The minimum Gasteiger partial charge on any atom is -0.365 e. The Balaban J connectivity index is 2.24. The van der Waals surface area contributed by atoms with E-state index in [0.717, 1.165) is 17.0 Å². The van der Waals surface area contributed by atoms with Crippen LogP contribution >= 0.6 is 0 Å². The monoisotopic (exact) mass is 245 g/mol. The zero-order valence-corrected chi connectivity index (χ0v) is 10.8. The van der Waals surface area contributed by atoms with Gasteiger partial charge in [-0.15, -0.1) is 0 Å². The minimum atomic E-state index is 0.412. The number of nitrogens with two attached hydrogens (primary N) is 1. The van der Waals surface area contributed by atoms with E-state index in [1.54, 1.807) is 6.20 Å². The molecule has 0 radical (unpaired) electrons. The molecular formula is C13H19N5. The molecule has 5 heteroatoms. The Morgan fingerprint density at radius 2 is 2.28 bits per heavy atom. The molecule has 18 heavy (non-hydrogen) atoms. The van der Waals surface area contributed by atoms with Gasteiger partial charge in [-0.2, -0.15) is 5.10 Å². The van der Waals surface area contributed by atoms with Crippen LogP contribution in [0.4, 0.5) is 5.82 Å². The van der Waals surface area contributed by atoms with Crippen LogP contribution in [-0.4, -0.2) is 27.7 Å². The molecule has 2 aromatic rings. The third kappa shape index (κ3) is 2.68. The van der Waals surface area contributed by atoms with Crippen LogP contribution in [0.3, 0.4) is 0 Å². The maximum atomic E-state index is 5.39. The van der Waals surface area contributed by atoms with Crippen molar-refractivity contribution in [2.24, 2.45) is 5.73 Å². The zero-order chi connectivity index (χ0) is 13.0. The summed E-state index contributed by atoms with van der Waals surface area (Å²) in [4.78, 5) is 4.34. The second-order valence-electron chi connectivity index (χ2n) is 4.42. The maximum absolute atomic E-state index is 5.39. The van der Waals surface area contributed by atoms with Crippen LogP contribution in [0.5, 0.6) is 0 Å². The van der Waals surface area contributed by atoms with E-state index in [0.29, 0.717) is 19.0 Å². The molecule has 0 aromatic carbocycles. The Bertz CT molecular complexity index is 541. The molecule has 96 valence electrons. The van der Waals surface area contributed by atoms with Crippen molar-refractivity contribution in [2.45, 2.75) is 19.8 Å². The summed E-state index contributed by atoms with van der Waals surface area (Å²) in [5.41, 5.74) is 7.47. The third-order valence-corrected chi connectivity index (χ3v) is 2.69. The molecule has 0 atom stereocenters. The van der Waals surface area contributed by atoms with E-state index in [1.807, 2.05) is 22.9 Å². The van der Waals surface area contributed by atoms with Gasteiger partial charge in [0.25, 0.3) is 0 Å². The van der Waals surface area contributed by atoms with Crippen molar-refractivity contribution < 1.29 is 0 Å². The van der Waals surface area contributed by atoms with Crippen molar-refractivity contribution in [3.8, 4) is 0 Å². The number of aromatic nitrogens is 3. The molecule has 2 heterocycles. The van der Waals surface area contributed by atoms with Gasteiger partial charge in [-0.05, 0) is 12.0 Å². The molecule has 0 spiro atoms. The van der Waals surface area contributed by atoms with Gasteiger partial charge >= 0.3 is 0 Å². The lowest BCUT2D eigenvalue weighted by Gasteiger charge is -2.03. The molecular weight excluding hydrogens is 226 g/mol. The number of fused-ring (bicyclic) bond motifs is 1. The molecule has 2 rings (SSSR count). The first-order valence-electron chi connectivity index (χ1n) is 6.15. The Morgan fingerprint density at radius 1 is 1.44 bits per heavy atom. The van der Waals surface area contributed by atoms with E-state index in [9.17, 15) is 0 Å². The third-order valence-electron chi connectivity index (χ3n) is 2.69. The highest BCUT2D eigenvalue weighted by Gasteiger charge is 2.08. The topological polar surface area (TPSA) is 68.2 Å². The second kappa shape index (κ2) is 5.64. The average Bonchev–Trinajstić information content (AvgIpc) is 2.79. The van der Waals surface area contributed by atoms with Gasteiger partial charge in [-0.25, -0.2) is 9.50 Å². The summed E-state index contributed by atoms with van der Waals surface area (Å²) >= 11 is 0. The molecule has 0 amide bonds. The Labute approximate surface area is 107 Å². The van der Waals surface area contributed by atoms with E-state index in [4.69, 9.17) is 5.73 Å². The van der Waals surface area contributed by atoms with Crippen molar-refractivity contribution in [3.05, 3.63) is 36.3 Å². The van der Waals surface area contributed by atoms with Crippen LogP contribution < -0.4 is 11.1 Å². The highest BCUT2D eigenvalue weighted by Crippen LogP contribution is 2.19. The van der Waals surface area contributed by atoms with Gasteiger partial charge in [-0.1, -0.05) is 26.0 Å². The van der Waals surface area contributed by atoms with Crippen LogP contribution in [0.15, 0.2) is 30.6 Å². The van der Waals surface area contributed by atoms with Gasteiger partial charge in [0.05, 0.1) is 5.69 Å². The number of hydrogen-bond acceptors (Lipinski definition) is 4. The van der Waals surface area contributed by atoms with Gasteiger partial charge in [-0.3, -0.25) is 0 Å². The van der Waals surface area contributed by atoms with E-state index < -0.39 is 0 Å². The zero-order valence-electron chi connectivity index (χ0n) is 10.8. The van der Waals surface area contributed by atoms with Gasteiger partial charge in [0.1, 0.15) is 5.52 Å². The van der Waals surface area contributed by atoms with Crippen molar-refractivity contribution in [1.82, 2.24) is 14.6 Å². The SMILES string of the molecule is CC(C)c1cc2c(NC/C=C/CN)nccn2n1. The predicted octanol–water partition coefficient (Wildman–Crippen LogP) is 1.78. The Kier molecular flexibility index (Phi) is 3.94. The van der Waals surface area contributed by atoms with Crippen LogP contribution in [0.1, 0.15) is 25.5 Å². The van der Waals surface area contributed by atoms with Gasteiger partial charge < -0.3 is 11.1 Å². The van der Waals surface area contributed by atoms with Crippen molar-refractivity contribution in [1.29, 1.82) is 0 Å². The smallest absolute Gasteiger partial charge is 0.152 e. The second-order valence-corrected chi connectivity index (χ2v) is 4.42. The van der Waals surface area contributed by atoms with Gasteiger partial charge in [0.15, 0.2) is 5.82 Å². The molecule has 0 fully saturated rings. The lowest BCUT2D eigenvalue weighted by Crippen LogP contribution is -2.03. The van der Waals surface area contributed by atoms with Crippen molar-refractivity contribution in [2.75, 3.05) is 18.4 Å². The molecule has 0 unspecified atom stereocenters. The fourth-order valence-corrected chi connectivity index (χ4v) is 1.69. The number of rotatable bonds is 5. The average molecular weight is 245 g/mol. The number of nitrogens with one attached hydrogen (secondary N) is 1. The molecule has 0 aliphatic heterocycles. The maximum Gasteiger partial charge on any atom is 0.152 e. The van der Waals surface area contributed by atoms with E-state index in [2.05, 4.69) is 35.3 Å². The summed E-state index contributed by atoms with van der Waals surface area (Å²) in [7, 11) is 0. The van der Waals surface area contributed by atoms with Crippen molar-refractivity contribution in [3.63, 3.8) is 0 Å². The summed E-state index contributed by atoms with van der Waals surface area (Å²) in [5.74, 6) is 1.26. The van der Waals surface area contributed by atoms with E-state index in [1.165, 1.54) is 0 Å². The summed E-state index contributed by atoms with van der Waals surface area (Å²) in [5, 5.41) is 7.78. The fraction of sp³-hybridized carbons (Fsp3) is 0.385. The number of hydrogen-bond donors (Lipinski definition) is 2. The molecule has 3 N–H and O–H groups in total. The van der Waals surface area contributed by atoms with Crippen LogP contribution in [0, 0.1) is 0 Å². The normalized spacial score (nSPS) is 11.8. The first-order valence-corrected chi connectivity index (χ1v) is 6.15. The largest absolute Gasteiger partial charge is 0.365 e. The highest BCUT2D eigenvalue weighted by molar-refractivity contribution is 5.68. The lowest BCUT2D eigenvalue weighted by atomic mass is 10.1. The predicted molar refractivity (Wildman–Crippen MR) is 73.8 cm³/mol. The summed E-state index contributed by atoms with van der Waals surface area (Å²) in [6.45, 7) is 5.54. The van der Waals surface area contributed by atoms with E-state index >= 15 is 0 Å². The molecule has 0 aliphatic rings. The summed E-state index contributed by atoms with van der Waals surface area (Å²) in [6, 6.07) is 2.08. The van der Waals surface area contributed by atoms with Gasteiger partial charge in [0.2, 0.25) is 0 Å². The quantitative estimate of drug-likeness (QED) is 0.788. The Morgan fingerprint density at radius 3 is 3.00 bits per heavy atom. The van der Waals surface area contributed by atoms with Crippen LogP contribution in [0.2, 0.25) is 0 Å². The highest BCUT2D eigenvalue weighted by atomic mass is 15.2. The first kappa shape index (κ1) is 12.6. The Hall–Kier alpha value is -1.88. The first-order chi connectivity index (χ1) is 8.72. The van der Waals surface area contributed by atoms with Crippen molar-refractivity contribution >= 4 is 11.3 Å². The minimum absolute atomic E-state index is 0.412. The molecule has 5 nitrogen and oxygen atoms in total. The molecule has 0 saturated carbocycles. The number of nitrogens with zero attached hydrogens (tertiary/aromatic N) is 3. The van der Waals surface area contributed by atoms with E-state index in [-0.39, 0.29) is 0 Å². The van der Waals surface area contributed by atoms with Crippen LogP contribution in [-0.2, 0) is 0 Å².